The van der Waals surface area contributed by atoms with Crippen LogP contribution in [0.15, 0.2) is 42.5 Å². The van der Waals surface area contributed by atoms with Crippen molar-refractivity contribution in [1.29, 1.82) is 0 Å². The van der Waals surface area contributed by atoms with Crippen LogP contribution in [0.1, 0.15) is 17.5 Å². The Morgan fingerprint density at radius 1 is 1.05 bits per heavy atom. The number of ether oxygens (including phenoxy) is 1. The molecule has 0 fully saturated rings. The first-order chi connectivity index (χ1) is 9.40. The van der Waals surface area contributed by atoms with E-state index >= 15 is 0 Å². The third kappa shape index (κ3) is 2.36. The molecule has 3 rings (SSSR count). The van der Waals surface area contributed by atoms with E-state index in [1.54, 1.807) is 0 Å². The minimum absolute atomic E-state index is 0.832. The molecule has 0 saturated carbocycles. The second-order valence-corrected chi connectivity index (χ2v) is 4.93. The zero-order chi connectivity index (χ0) is 13.1. The van der Waals surface area contributed by atoms with Crippen LogP contribution in [0.25, 0.3) is 11.1 Å². The fraction of sp³-hybridized carbons (Fsp3) is 0.294. The first-order valence-corrected chi connectivity index (χ1v) is 6.87. The van der Waals surface area contributed by atoms with Gasteiger partial charge in [0, 0.05) is 12.1 Å². The minimum Gasteiger partial charge on any atom is -0.493 e. The van der Waals surface area contributed by atoms with E-state index in [1.165, 1.54) is 22.3 Å². The van der Waals surface area contributed by atoms with Gasteiger partial charge >= 0.3 is 0 Å². The summed E-state index contributed by atoms with van der Waals surface area (Å²) in [7, 11) is 1.98. The Kier molecular flexibility index (Phi) is 3.51. The van der Waals surface area contributed by atoms with Crippen molar-refractivity contribution < 1.29 is 4.74 Å². The molecule has 2 nitrogen and oxygen atoms in total. The van der Waals surface area contributed by atoms with Crippen LogP contribution in [-0.2, 0) is 13.0 Å². The van der Waals surface area contributed by atoms with Crippen molar-refractivity contribution in [2.45, 2.75) is 19.4 Å². The molecule has 0 saturated heterocycles. The van der Waals surface area contributed by atoms with Gasteiger partial charge in [0.25, 0.3) is 0 Å². The van der Waals surface area contributed by atoms with Crippen molar-refractivity contribution in [1.82, 2.24) is 5.32 Å². The second kappa shape index (κ2) is 5.45. The van der Waals surface area contributed by atoms with Crippen LogP contribution < -0.4 is 10.1 Å². The van der Waals surface area contributed by atoms with Gasteiger partial charge in [-0.1, -0.05) is 42.5 Å². The lowest BCUT2D eigenvalue weighted by molar-refractivity contribution is 0.289. The molecule has 0 amide bonds. The molecular weight excluding hydrogens is 234 g/mol. The molecule has 0 aromatic heterocycles. The van der Waals surface area contributed by atoms with Crippen LogP contribution in [0.2, 0.25) is 0 Å². The summed E-state index contributed by atoms with van der Waals surface area (Å²) in [6.45, 7) is 1.71. The molecule has 1 aliphatic rings. The van der Waals surface area contributed by atoms with Gasteiger partial charge in [-0.3, -0.25) is 0 Å². The van der Waals surface area contributed by atoms with Crippen LogP contribution >= 0.6 is 0 Å². The number of nitrogens with one attached hydrogen (secondary N) is 1. The van der Waals surface area contributed by atoms with Crippen molar-refractivity contribution in [3.05, 3.63) is 53.6 Å². The number of para-hydroxylation sites is 1. The zero-order valence-electron chi connectivity index (χ0n) is 11.3. The summed E-state index contributed by atoms with van der Waals surface area (Å²) in [4.78, 5) is 0. The highest BCUT2D eigenvalue weighted by Gasteiger charge is 2.16. The summed E-state index contributed by atoms with van der Waals surface area (Å²) in [6, 6.07) is 15.0. The van der Waals surface area contributed by atoms with Crippen molar-refractivity contribution in [3.8, 4) is 16.9 Å². The molecule has 1 aliphatic heterocycles. The van der Waals surface area contributed by atoms with E-state index in [1.807, 2.05) is 7.05 Å². The Hall–Kier alpha value is -1.80. The molecule has 0 spiro atoms. The third-order valence-corrected chi connectivity index (χ3v) is 3.61. The number of benzene rings is 2. The van der Waals surface area contributed by atoms with Gasteiger partial charge in [-0.15, -0.1) is 0 Å². The Morgan fingerprint density at radius 3 is 2.79 bits per heavy atom. The summed E-state index contributed by atoms with van der Waals surface area (Å²) in [5.74, 6) is 1.08. The molecule has 0 radical (unpaired) electrons. The normalized spacial score (nSPS) is 13.7. The zero-order valence-corrected chi connectivity index (χ0v) is 11.3. The number of hydrogen-bond acceptors (Lipinski definition) is 2. The van der Waals surface area contributed by atoms with E-state index in [0.717, 1.165) is 31.7 Å². The Bertz CT molecular complexity index is 577. The van der Waals surface area contributed by atoms with E-state index in [0.29, 0.717) is 0 Å². The fourth-order valence-corrected chi connectivity index (χ4v) is 2.73. The first-order valence-electron chi connectivity index (χ1n) is 6.87. The Morgan fingerprint density at radius 2 is 1.89 bits per heavy atom. The van der Waals surface area contributed by atoms with E-state index < -0.39 is 0 Å². The van der Waals surface area contributed by atoms with Crippen molar-refractivity contribution in [3.63, 3.8) is 0 Å². The summed E-state index contributed by atoms with van der Waals surface area (Å²) in [5.41, 5.74) is 5.15. The Labute approximate surface area is 114 Å². The number of hydrogen-bond donors (Lipinski definition) is 1. The molecule has 2 heteroatoms. The molecular formula is C17H19NO. The quantitative estimate of drug-likeness (QED) is 0.905. The van der Waals surface area contributed by atoms with Gasteiger partial charge in [0.1, 0.15) is 5.75 Å². The van der Waals surface area contributed by atoms with Crippen molar-refractivity contribution >= 4 is 0 Å². The molecule has 2 aromatic rings. The Balaban J connectivity index is 2.12. The monoisotopic (exact) mass is 253 g/mol. The predicted octanol–water partition coefficient (Wildman–Crippen LogP) is 3.40. The lowest BCUT2D eigenvalue weighted by Crippen LogP contribution is -2.10. The van der Waals surface area contributed by atoms with Crippen LogP contribution in [-0.4, -0.2) is 13.7 Å². The molecule has 1 N–H and O–H groups in total. The maximum Gasteiger partial charge on any atom is 0.130 e. The number of fused-ring (bicyclic) bond motifs is 1. The topological polar surface area (TPSA) is 21.3 Å². The van der Waals surface area contributed by atoms with E-state index in [9.17, 15) is 0 Å². The maximum absolute atomic E-state index is 5.92. The average molecular weight is 253 g/mol. The van der Waals surface area contributed by atoms with E-state index in [2.05, 4.69) is 47.8 Å². The third-order valence-electron chi connectivity index (χ3n) is 3.61. The molecule has 0 bridgehead atoms. The largest absolute Gasteiger partial charge is 0.493 e. The van der Waals surface area contributed by atoms with Gasteiger partial charge in [-0.05, 0) is 36.6 Å². The predicted molar refractivity (Wildman–Crippen MR) is 78.5 cm³/mol. The van der Waals surface area contributed by atoms with Crippen molar-refractivity contribution in [2.75, 3.05) is 13.7 Å². The number of aryl methyl sites for hydroxylation is 1. The summed E-state index contributed by atoms with van der Waals surface area (Å²) >= 11 is 0. The van der Waals surface area contributed by atoms with Crippen LogP contribution in [0.3, 0.4) is 0 Å². The molecule has 98 valence electrons. The van der Waals surface area contributed by atoms with Crippen LogP contribution in [0.4, 0.5) is 0 Å². The highest BCUT2D eigenvalue weighted by molar-refractivity contribution is 5.75. The standard InChI is InChI=1S/C17H19NO/c1-18-12-14-6-2-3-9-15(14)16-10-4-7-13-8-5-11-19-17(13)16/h2-4,6-7,9-10,18H,5,8,11-12H2,1H3. The smallest absolute Gasteiger partial charge is 0.130 e. The number of rotatable bonds is 3. The van der Waals surface area contributed by atoms with Crippen molar-refractivity contribution in [2.24, 2.45) is 0 Å². The van der Waals surface area contributed by atoms with Gasteiger partial charge in [0.15, 0.2) is 0 Å². The molecule has 0 unspecified atom stereocenters. The fourth-order valence-electron chi connectivity index (χ4n) is 2.73. The van der Waals surface area contributed by atoms with Crippen LogP contribution in [0, 0.1) is 0 Å². The van der Waals surface area contributed by atoms with Crippen LogP contribution in [0.5, 0.6) is 5.75 Å². The lowest BCUT2D eigenvalue weighted by atomic mass is 9.94. The van der Waals surface area contributed by atoms with Gasteiger partial charge in [0.2, 0.25) is 0 Å². The highest BCUT2D eigenvalue weighted by Crippen LogP contribution is 2.37. The van der Waals surface area contributed by atoms with E-state index in [4.69, 9.17) is 4.74 Å². The molecule has 1 heterocycles. The second-order valence-electron chi connectivity index (χ2n) is 4.93. The molecule has 19 heavy (non-hydrogen) atoms. The molecule has 2 aromatic carbocycles. The SMILES string of the molecule is CNCc1ccccc1-c1cccc2c1OCCC2. The maximum atomic E-state index is 5.92. The molecule has 0 atom stereocenters. The first kappa shape index (κ1) is 12.2. The van der Waals surface area contributed by atoms with Gasteiger partial charge in [-0.25, -0.2) is 0 Å². The summed E-state index contributed by atoms with van der Waals surface area (Å²) in [6.07, 6.45) is 2.24. The summed E-state index contributed by atoms with van der Waals surface area (Å²) < 4.78 is 5.92. The minimum atomic E-state index is 0.832. The highest BCUT2D eigenvalue weighted by atomic mass is 16.5. The van der Waals surface area contributed by atoms with Gasteiger partial charge in [0.05, 0.1) is 6.61 Å². The summed E-state index contributed by atoms with van der Waals surface area (Å²) in [5, 5.41) is 3.23. The molecule has 0 aliphatic carbocycles. The lowest BCUT2D eigenvalue weighted by Gasteiger charge is -2.21. The van der Waals surface area contributed by atoms with E-state index in [-0.39, 0.29) is 0 Å². The average Bonchev–Trinajstić information content (AvgIpc) is 2.48. The van der Waals surface area contributed by atoms with Gasteiger partial charge < -0.3 is 10.1 Å². The van der Waals surface area contributed by atoms with Gasteiger partial charge in [-0.2, -0.15) is 0 Å².